The summed E-state index contributed by atoms with van der Waals surface area (Å²) in [5.74, 6) is 2.35. The quantitative estimate of drug-likeness (QED) is 0.575. The van der Waals surface area contributed by atoms with Crippen LogP contribution < -0.4 is 10.3 Å². The molecule has 7 heteroatoms. The zero-order chi connectivity index (χ0) is 12.9. The van der Waals surface area contributed by atoms with Gasteiger partial charge in [0.15, 0.2) is 6.23 Å². The highest BCUT2D eigenvalue weighted by Gasteiger charge is 2.62. The van der Waals surface area contributed by atoms with Gasteiger partial charge in [-0.15, -0.1) is 6.42 Å². The molecule has 0 unspecified atom stereocenters. The molecule has 1 fully saturated rings. The predicted molar refractivity (Wildman–Crippen MR) is 57.7 cm³/mol. The van der Waals surface area contributed by atoms with Gasteiger partial charge in [0.2, 0.25) is 5.60 Å². The van der Waals surface area contributed by atoms with E-state index < -0.39 is 29.6 Å². The second kappa shape index (κ2) is 3.55. The number of hydrogen-bond donors (Lipinski definition) is 2. The smallest absolute Gasteiger partial charge is 0.303 e. The Morgan fingerprint density at radius 2 is 2.44 bits per heavy atom. The van der Waals surface area contributed by atoms with Gasteiger partial charge in [-0.25, -0.2) is 0 Å². The Labute approximate surface area is 102 Å². The van der Waals surface area contributed by atoms with Gasteiger partial charge in [0.1, 0.15) is 12.2 Å². The second-order valence-corrected chi connectivity index (χ2v) is 4.15. The summed E-state index contributed by atoms with van der Waals surface area (Å²) in [6.07, 6.45) is 4.01. The lowest BCUT2D eigenvalue weighted by Crippen LogP contribution is -2.47. The van der Waals surface area contributed by atoms with Crippen molar-refractivity contribution in [3.05, 3.63) is 22.6 Å². The molecule has 1 aromatic heterocycles. The van der Waals surface area contributed by atoms with Gasteiger partial charge in [0.05, 0.1) is 6.61 Å². The summed E-state index contributed by atoms with van der Waals surface area (Å²) in [4.78, 5) is 14.8. The maximum atomic E-state index is 11.1. The van der Waals surface area contributed by atoms with E-state index in [9.17, 15) is 9.90 Å². The minimum absolute atomic E-state index is 0.000824. The van der Waals surface area contributed by atoms with E-state index in [1.807, 2.05) is 0 Å². The van der Waals surface area contributed by atoms with Gasteiger partial charge >= 0.3 is 6.01 Å². The molecule has 7 nitrogen and oxygen atoms in total. The summed E-state index contributed by atoms with van der Waals surface area (Å²) in [6, 6.07) is 1.24. The van der Waals surface area contributed by atoms with Gasteiger partial charge in [-0.05, 0) is 0 Å². The average Bonchev–Trinajstić information content (AvgIpc) is 2.81. The second-order valence-electron chi connectivity index (χ2n) is 4.15. The predicted octanol–water partition coefficient (Wildman–Crippen LogP) is -1.74. The lowest BCUT2D eigenvalue weighted by Gasteiger charge is -2.23. The molecule has 0 saturated carbocycles. The molecule has 1 aromatic rings. The van der Waals surface area contributed by atoms with E-state index in [1.54, 1.807) is 0 Å². The number of ether oxygens (including phenoxy) is 2. The van der Waals surface area contributed by atoms with Crippen LogP contribution in [0.25, 0.3) is 0 Å². The Balaban J connectivity index is 2.12. The summed E-state index contributed by atoms with van der Waals surface area (Å²) < 4.78 is 12.3. The van der Waals surface area contributed by atoms with Crippen LogP contribution >= 0.6 is 0 Å². The van der Waals surface area contributed by atoms with Gasteiger partial charge in [-0.3, -0.25) is 9.36 Å². The third-order valence-corrected chi connectivity index (χ3v) is 3.18. The van der Waals surface area contributed by atoms with Crippen LogP contribution in [0.5, 0.6) is 6.01 Å². The summed E-state index contributed by atoms with van der Waals surface area (Å²) in [6.45, 7) is -0.382. The topological polar surface area (TPSA) is 93.8 Å². The lowest BCUT2D eigenvalue weighted by molar-refractivity contribution is -0.0439. The molecule has 0 bridgehead atoms. The first-order chi connectivity index (χ1) is 8.62. The van der Waals surface area contributed by atoms with Gasteiger partial charge < -0.3 is 19.7 Å². The molecule has 0 aromatic carbocycles. The standard InChI is InChI=1S/C11H10N2O5/c1-2-11-8(16)6(5-14)17-9(11)13-4-3-7(15)12-10(13)18-11/h1,3-4,6,8-9,14,16H,5H2/t6-,8-,9-,11+/m1/s1. The SMILES string of the molecule is C#C[C@@]12Oc3nc(=O)ccn3[C@@H]1O[C@H](CO)[C@H]2O. The summed E-state index contributed by atoms with van der Waals surface area (Å²) >= 11 is 0. The van der Waals surface area contributed by atoms with E-state index in [4.69, 9.17) is 21.0 Å². The number of nitrogens with zero attached hydrogens (tertiary/aromatic N) is 2. The Morgan fingerprint density at radius 1 is 1.67 bits per heavy atom. The summed E-state index contributed by atoms with van der Waals surface area (Å²) in [5.41, 5.74) is -1.93. The minimum Gasteiger partial charge on any atom is -0.437 e. The molecule has 0 amide bonds. The van der Waals surface area contributed by atoms with Crippen molar-refractivity contribution < 1.29 is 19.7 Å². The Bertz CT molecular complexity index is 592. The van der Waals surface area contributed by atoms with Gasteiger partial charge in [-0.1, -0.05) is 5.92 Å². The monoisotopic (exact) mass is 250 g/mol. The summed E-state index contributed by atoms with van der Waals surface area (Å²) in [7, 11) is 0. The van der Waals surface area contributed by atoms with Gasteiger partial charge in [-0.2, -0.15) is 4.98 Å². The third-order valence-electron chi connectivity index (χ3n) is 3.18. The third kappa shape index (κ3) is 1.19. The van der Waals surface area contributed by atoms with Gasteiger partial charge in [0.25, 0.3) is 5.56 Å². The highest BCUT2D eigenvalue weighted by molar-refractivity contribution is 5.28. The first-order valence-corrected chi connectivity index (χ1v) is 5.33. The molecule has 2 aliphatic rings. The molecule has 2 aliphatic heterocycles. The van der Waals surface area contributed by atoms with Crippen LogP contribution in [0, 0.1) is 12.3 Å². The van der Waals surface area contributed by atoms with Crippen LogP contribution in [0.4, 0.5) is 0 Å². The zero-order valence-electron chi connectivity index (χ0n) is 9.18. The molecule has 3 heterocycles. The largest absolute Gasteiger partial charge is 0.437 e. The van der Waals surface area contributed by atoms with Crippen molar-refractivity contribution in [2.24, 2.45) is 0 Å². The maximum Gasteiger partial charge on any atom is 0.303 e. The normalized spacial score (nSPS) is 36.6. The van der Waals surface area contributed by atoms with Crippen molar-refractivity contribution in [3.8, 4) is 18.4 Å². The van der Waals surface area contributed by atoms with Crippen LogP contribution in [-0.4, -0.2) is 44.2 Å². The van der Waals surface area contributed by atoms with E-state index in [1.165, 1.54) is 16.8 Å². The van der Waals surface area contributed by atoms with Gasteiger partial charge in [0, 0.05) is 12.3 Å². The van der Waals surface area contributed by atoms with Crippen molar-refractivity contribution in [2.75, 3.05) is 6.61 Å². The number of terminal acetylenes is 1. The van der Waals surface area contributed by atoms with Crippen LogP contribution in [0.2, 0.25) is 0 Å². The van der Waals surface area contributed by atoms with Crippen LogP contribution in [0.3, 0.4) is 0 Å². The number of fused-ring (bicyclic) bond motifs is 3. The fourth-order valence-corrected chi connectivity index (χ4v) is 2.28. The Morgan fingerprint density at radius 3 is 3.11 bits per heavy atom. The minimum atomic E-state index is -1.46. The van der Waals surface area contributed by atoms with Crippen molar-refractivity contribution in [1.82, 2.24) is 9.55 Å². The lowest BCUT2D eigenvalue weighted by atomic mass is 9.95. The number of rotatable bonds is 1. The molecular weight excluding hydrogens is 240 g/mol. The fourth-order valence-electron chi connectivity index (χ4n) is 2.28. The van der Waals surface area contributed by atoms with Crippen LogP contribution in [-0.2, 0) is 4.74 Å². The van der Waals surface area contributed by atoms with E-state index in [0.717, 1.165) is 0 Å². The molecular formula is C11H10N2O5. The van der Waals surface area contributed by atoms with Crippen molar-refractivity contribution in [3.63, 3.8) is 0 Å². The molecule has 94 valence electrons. The molecule has 0 spiro atoms. The van der Waals surface area contributed by atoms with E-state index >= 15 is 0 Å². The molecule has 2 N–H and O–H groups in total. The fraction of sp³-hybridized carbons (Fsp3) is 0.455. The molecule has 18 heavy (non-hydrogen) atoms. The Kier molecular flexibility index (Phi) is 2.22. The molecule has 3 rings (SSSR count). The van der Waals surface area contributed by atoms with E-state index in [0.29, 0.717) is 0 Å². The van der Waals surface area contributed by atoms with Crippen molar-refractivity contribution >= 4 is 0 Å². The number of aliphatic hydroxyl groups excluding tert-OH is 2. The Hall–Kier alpha value is -1.88. The van der Waals surface area contributed by atoms with Crippen LogP contribution in [0.1, 0.15) is 6.23 Å². The number of aromatic nitrogens is 2. The van der Waals surface area contributed by atoms with Crippen molar-refractivity contribution in [2.45, 2.75) is 24.0 Å². The average molecular weight is 250 g/mol. The van der Waals surface area contributed by atoms with Crippen molar-refractivity contribution in [1.29, 1.82) is 0 Å². The molecule has 0 aliphatic carbocycles. The first kappa shape index (κ1) is 11.2. The highest BCUT2D eigenvalue weighted by Crippen LogP contribution is 2.46. The van der Waals surface area contributed by atoms with E-state index in [2.05, 4.69) is 10.9 Å². The first-order valence-electron chi connectivity index (χ1n) is 5.33. The molecule has 4 atom stereocenters. The van der Waals surface area contributed by atoms with Crippen LogP contribution in [0.15, 0.2) is 17.1 Å². The molecule has 0 radical (unpaired) electrons. The number of aliphatic hydroxyl groups is 2. The zero-order valence-corrected chi connectivity index (χ0v) is 9.18. The number of hydrogen-bond acceptors (Lipinski definition) is 6. The maximum absolute atomic E-state index is 11.1. The molecule has 1 saturated heterocycles. The van der Waals surface area contributed by atoms with E-state index in [-0.39, 0.29) is 12.6 Å². The summed E-state index contributed by atoms with van der Waals surface area (Å²) in [5, 5.41) is 19.2. The highest BCUT2D eigenvalue weighted by atomic mass is 16.6.